The molecule has 0 aromatic heterocycles. The Labute approximate surface area is 208 Å². The average molecular weight is 501 g/mol. The summed E-state index contributed by atoms with van der Waals surface area (Å²) >= 11 is 0. The lowest BCUT2D eigenvalue weighted by molar-refractivity contribution is -0.165. The molecule has 2 unspecified atom stereocenters. The van der Waals surface area contributed by atoms with Crippen molar-refractivity contribution in [3.05, 3.63) is 11.6 Å². The SMILES string of the molecule is CC(=CC(=O)OCCCCCCCCC(=O)O)CC1OCC(C[C@@H]2O[C@H]2[C@@H](C)[C@H](C)O)[C@@H](O)[C@H]1O. The van der Waals surface area contributed by atoms with E-state index in [1.807, 2.05) is 6.92 Å². The van der Waals surface area contributed by atoms with Crippen molar-refractivity contribution in [2.24, 2.45) is 11.8 Å². The van der Waals surface area contributed by atoms with E-state index in [1.165, 1.54) is 6.08 Å². The molecule has 0 spiro atoms. The normalized spacial score (nSPS) is 30.5. The molecular formula is C26H44O9. The molecule has 0 aliphatic carbocycles. The van der Waals surface area contributed by atoms with Crippen LogP contribution in [0.5, 0.6) is 0 Å². The van der Waals surface area contributed by atoms with Crippen molar-refractivity contribution >= 4 is 11.9 Å². The molecule has 2 saturated heterocycles. The van der Waals surface area contributed by atoms with E-state index in [0.29, 0.717) is 38.0 Å². The van der Waals surface area contributed by atoms with Crippen LogP contribution in [0.4, 0.5) is 0 Å². The fraction of sp³-hybridized carbons (Fsp3) is 0.846. The number of hydrogen-bond acceptors (Lipinski definition) is 8. The van der Waals surface area contributed by atoms with Crippen molar-refractivity contribution in [2.75, 3.05) is 13.2 Å². The molecule has 0 saturated carbocycles. The zero-order valence-electron chi connectivity index (χ0n) is 21.3. The number of carbonyl (C=O) groups excluding carboxylic acids is 1. The molecule has 9 heteroatoms. The lowest BCUT2D eigenvalue weighted by atomic mass is 9.85. The highest BCUT2D eigenvalue weighted by Gasteiger charge is 2.48. The van der Waals surface area contributed by atoms with Gasteiger partial charge in [0.1, 0.15) is 6.10 Å². The first-order valence-corrected chi connectivity index (χ1v) is 13.0. The van der Waals surface area contributed by atoms with E-state index in [4.69, 9.17) is 19.3 Å². The summed E-state index contributed by atoms with van der Waals surface area (Å²) in [5.74, 6) is -1.42. The quantitative estimate of drug-likeness (QED) is 0.109. The van der Waals surface area contributed by atoms with Crippen molar-refractivity contribution in [3.63, 3.8) is 0 Å². The van der Waals surface area contributed by atoms with Gasteiger partial charge in [-0.3, -0.25) is 4.79 Å². The number of hydrogen-bond donors (Lipinski definition) is 4. The van der Waals surface area contributed by atoms with E-state index in [-0.39, 0.29) is 30.5 Å². The van der Waals surface area contributed by atoms with E-state index < -0.39 is 36.4 Å². The molecule has 8 atom stereocenters. The summed E-state index contributed by atoms with van der Waals surface area (Å²) in [5, 5.41) is 39.5. The second-order valence-electron chi connectivity index (χ2n) is 10.2. The van der Waals surface area contributed by atoms with E-state index >= 15 is 0 Å². The van der Waals surface area contributed by atoms with Crippen LogP contribution in [0.15, 0.2) is 11.6 Å². The van der Waals surface area contributed by atoms with Crippen molar-refractivity contribution in [1.29, 1.82) is 0 Å². The fourth-order valence-electron chi connectivity index (χ4n) is 4.59. The Hall–Kier alpha value is -1.52. The molecule has 0 amide bonds. The summed E-state index contributed by atoms with van der Waals surface area (Å²) < 4.78 is 16.7. The molecule has 35 heavy (non-hydrogen) atoms. The molecular weight excluding hydrogens is 456 g/mol. The van der Waals surface area contributed by atoms with E-state index in [0.717, 1.165) is 32.1 Å². The van der Waals surface area contributed by atoms with E-state index in [1.54, 1.807) is 13.8 Å². The van der Waals surface area contributed by atoms with Gasteiger partial charge in [-0.1, -0.05) is 38.2 Å². The monoisotopic (exact) mass is 500 g/mol. The topological polar surface area (TPSA) is 146 Å². The van der Waals surface area contributed by atoms with Crippen LogP contribution >= 0.6 is 0 Å². The van der Waals surface area contributed by atoms with Crippen LogP contribution in [-0.2, 0) is 23.8 Å². The highest BCUT2D eigenvalue weighted by molar-refractivity contribution is 5.82. The number of ether oxygens (including phenoxy) is 3. The maximum absolute atomic E-state index is 12.1. The summed E-state index contributed by atoms with van der Waals surface area (Å²) in [5.41, 5.74) is 0.708. The number of rotatable bonds is 16. The molecule has 4 N–H and O–H groups in total. The maximum atomic E-state index is 12.1. The van der Waals surface area contributed by atoms with Crippen LogP contribution in [0.1, 0.15) is 78.6 Å². The first-order valence-electron chi connectivity index (χ1n) is 13.0. The Bertz CT molecular complexity index is 692. The number of esters is 1. The molecule has 2 aliphatic heterocycles. The maximum Gasteiger partial charge on any atom is 0.330 e. The van der Waals surface area contributed by atoms with Gasteiger partial charge in [0, 0.05) is 24.3 Å². The van der Waals surface area contributed by atoms with Crippen molar-refractivity contribution < 1.29 is 44.2 Å². The molecule has 0 radical (unpaired) electrons. The third-order valence-corrected chi connectivity index (χ3v) is 7.09. The van der Waals surface area contributed by atoms with Crippen LogP contribution in [0.25, 0.3) is 0 Å². The summed E-state index contributed by atoms with van der Waals surface area (Å²) in [7, 11) is 0. The largest absolute Gasteiger partial charge is 0.481 e. The molecule has 0 aromatic carbocycles. The van der Waals surface area contributed by atoms with Crippen molar-refractivity contribution in [2.45, 2.75) is 115 Å². The molecule has 0 bridgehead atoms. The number of carboxylic acids is 1. The van der Waals surface area contributed by atoms with E-state index in [2.05, 4.69) is 0 Å². The summed E-state index contributed by atoms with van der Waals surface area (Å²) in [6.45, 7) is 6.07. The minimum atomic E-state index is -1.06. The Morgan fingerprint density at radius 1 is 1.03 bits per heavy atom. The van der Waals surface area contributed by atoms with Gasteiger partial charge in [0.05, 0.1) is 43.7 Å². The standard InChI is InChI=1S/C26H44O9/c1-16(13-23(30)33-11-9-7-5-4-6-8-10-22(28)29)12-20-25(32)24(31)19(15-34-20)14-21-26(35-21)17(2)18(3)27/h13,17-21,24-27,31-32H,4-12,14-15H2,1-3H3,(H,28,29)/t17-,18-,19?,20?,21-,24+,25-,26-/m0/s1. The first-order chi connectivity index (χ1) is 16.6. The molecule has 0 aromatic rings. The van der Waals surface area contributed by atoms with Crippen molar-refractivity contribution in [3.8, 4) is 0 Å². The van der Waals surface area contributed by atoms with Gasteiger partial charge in [0.15, 0.2) is 0 Å². The third kappa shape index (κ3) is 10.6. The minimum Gasteiger partial charge on any atom is -0.481 e. The van der Waals surface area contributed by atoms with Gasteiger partial charge >= 0.3 is 11.9 Å². The minimum absolute atomic E-state index is 0.0160. The fourth-order valence-corrected chi connectivity index (χ4v) is 4.59. The average Bonchev–Trinajstić information content (AvgIpc) is 3.55. The summed E-state index contributed by atoms with van der Waals surface area (Å²) in [4.78, 5) is 22.5. The molecule has 9 nitrogen and oxygen atoms in total. The zero-order chi connectivity index (χ0) is 26.0. The van der Waals surface area contributed by atoms with E-state index in [9.17, 15) is 24.9 Å². The number of carboxylic acid groups (broad SMARTS) is 1. The van der Waals surface area contributed by atoms with Gasteiger partial charge in [-0.25, -0.2) is 4.79 Å². The van der Waals surface area contributed by atoms with Gasteiger partial charge in [-0.15, -0.1) is 0 Å². The Balaban J connectivity index is 1.62. The lowest BCUT2D eigenvalue weighted by Gasteiger charge is -2.38. The molecule has 2 heterocycles. The van der Waals surface area contributed by atoms with Crippen LogP contribution in [0, 0.1) is 11.8 Å². The molecule has 2 fully saturated rings. The highest BCUT2D eigenvalue weighted by atomic mass is 16.6. The van der Waals surface area contributed by atoms with Crippen LogP contribution in [0.2, 0.25) is 0 Å². The first kappa shape index (κ1) is 29.7. The third-order valence-electron chi connectivity index (χ3n) is 7.09. The summed E-state index contributed by atoms with van der Waals surface area (Å²) in [6.07, 6.45) is 4.61. The van der Waals surface area contributed by atoms with Gasteiger partial charge < -0.3 is 34.6 Å². The summed E-state index contributed by atoms with van der Waals surface area (Å²) in [6, 6.07) is 0. The second-order valence-corrected chi connectivity index (χ2v) is 10.2. The number of epoxide rings is 1. The number of aliphatic hydroxyl groups is 3. The number of unbranched alkanes of at least 4 members (excludes halogenated alkanes) is 5. The second kappa shape index (κ2) is 14.9. The predicted molar refractivity (Wildman–Crippen MR) is 129 cm³/mol. The van der Waals surface area contributed by atoms with Crippen LogP contribution in [-0.4, -0.2) is 82.2 Å². The number of aliphatic carboxylic acids is 1. The predicted octanol–water partition coefficient (Wildman–Crippen LogP) is 2.59. The number of aliphatic hydroxyl groups excluding tert-OH is 3. The zero-order valence-corrected chi connectivity index (χ0v) is 21.3. The van der Waals surface area contributed by atoms with Crippen LogP contribution < -0.4 is 0 Å². The molecule has 202 valence electrons. The van der Waals surface area contributed by atoms with Gasteiger partial charge in [-0.2, -0.15) is 0 Å². The lowest BCUT2D eigenvalue weighted by Crippen LogP contribution is -2.50. The van der Waals surface area contributed by atoms with Gasteiger partial charge in [-0.05, 0) is 39.5 Å². The Kier molecular flexibility index (Phi) is 12.6. The number of carbonyl (C=O) groups is 2. The smallest absolute Gasteiger partial charge is 0.330 e. The van der Waals surface area contributed by atoms with Gasteiger partial charge in [0.25, 0.3) is 0 Å². The van der Waals surface area contributed by atoms with Crippen molar-refractivity contribution in [1.82, 2.24) is 0 Å². The molecule has 2 rings (SSSR count). The Morgan fingerprint density at radius 3 is 2.34 bits per heavy atom. The molecule has 2 aliphatic rings. The van der Waals surface area contributed by atoms with Gasteiger partial charge in [0.2, 0.25) is 0 Å². The van der Waals surface area contributed by atoms with Crippen LogP contribution in [0.3, 0.4) is 0 Å². The highest BCUT2D eigenvalue weighted by Crippen LogP contribution is 2.38. The Morgan fingerprint density at radius 2 is 1.69 bits per heavy atom.